The standard InChI is InChI=1S/C12H9N3S3/c1-7-8(2)11(15-6-17)12(18-4-13)9(3)10(7)14-5-16/h1-3H3. The fourth-order valence-electron chi connectivity index (χ4n) is 1.66. The monoisotopic (exact) mass is 291 g/mol. The topological polar surface area (TPSA) is 48.5 Å². The Bertz CT molecular complexity index is 631. The van der Waals surface area contributed by atoms with Crippen LogP contribution in [0.15, 0.2) is 14.9 Å². The lowest BCUT2D eigenvalue weighted by Crippen LogP contribution is -1.91. The zero-order chi connectivity index (χ0) is 13.7. The van der Waals surface area contributed by atoms with Crippen LogP contribution < -0.4 is 0 Å². The fraction of sp³-hybridized carbons (Fsp3) is 0.250. The molecule has 1 aromatic carbocycles. The van der Waals surface area contributed by atoms with Gasteiger partial charge >= 0.3 is 0 Å². The van der Waals surface area contributed by atoms with E-state index >= 15 is 0 Å². The molecule has 0 amide bonds. The normalized spacial score (nSPS) is 9.00. The molecule has 6 heteroatoms. The average molecular weight is 291 g/mol. The number of benzene rings is 1. The van der Waals surface area contributed by atoms with E-state index in [4.69, 9.17) is 5.26 Å². The zero-order valence-corrected chi connectivity index (χ0v) is 12.5. The Labute approximate surface area is 121 Å². The fourth-order valence-corrected chi connectivity index (χ4v) is 2.48. The van der Waals surface area contributed by atoms with Crippen LogP contribution in [0.4, 0.5) is 11.4 Å². The molecule has 0 aliphatic rings. The summed E-state index contributed by atoms with van der Waals surface area (Å²) in [6.07, 6.45) is 0. The van der Waals surface area contributed by atoms with Crippen molar-refractivity contribution in [2.75, 3.05) is 0 Å². The molecule has 0 aliphatic heterocycles. The minimum Gasteiger partial charge on any atom is -0.194 e. The van der Waals surface area contributed by atoms with Gasteiger partial charge in [-0.2, -0.15) is 15.2 Å². The van der Waals surface area contributed by atoms with E-state index in [1.54, 1.807) is 0 Å². The Hall–Kier alpha value is -1.34. The first-order valence-electron chi connectivity index (χ1n) is 4.93. The maximum atomic E-state index is 8.88. The van der Waals surface area contributed by atoms with Gasteiger partial charge in [-0.25, -0.2) is 0 Å². The first kappa shape index (κ1) is 14.7. The third-order valence-corrected chi connectivity index (χ3v) is 3.62. The molecule has 0 spiro atoms. The van der Waals surface area contributed by atoms with Crippen LogP contribution in [0.3, 0.4) is 0 Å². The van der Waals surface area contributed by atoms with Crippen LogP contribution in [0.2, 0.25) is 0 Å². The summed E-state index contributed by atoms with van der Waals surface area (Å²) in [6, 6.07) is 0. The SMILES string of the molecule is Cc1c(C)c(N=C=S)c(SC#N)c(C)c1N=C=S. The molecule has 0 N–H and O–H groups in total. The number of thioether (sulfide) groups is 1. The summed E-state index contributed by atoms with van der Waals surface area (Å²) in [4.78, 5) is 8.86. The lowest BCUT2D eigenvalue weighted by molar-refractivity contribution is 1.18. The number of hydrogen-bond acceptors (Lipinski definition) is 6. The van der Waals surface area contributed by atoms with Gasteiger partial charge in [0.25, 0.3) is 0 Å². The lowest BCUT2D eigenvalue weighted by atomic mass is 10.0. The van der Waals surface area contributed by atoms with Gasteiger partial charge < -0.3 is 0 Å². The second kappa shape index (κ2) is 6.55. The van der Waals surface area contributed by atoms with E-state index < -0.39 is 0 Å². The molecule has 18 heavy (non-hydrogen) atoms. The van der Waals surface area contributed by atoms with Gasteiger partial charge in [0.15, 0.2) is 0 Å². The van der Waals surface area contributed by atoms with Crippen molar-refractivity contribution in [3.63, 3.8) is 0 Å². The Kier molecular flexibility index (Phi) is 5.36. The maximum absolute atomic E-state index is 8.88. The highest BCUT2D eigenvalue weighted by Crippen LogP contribution is 2.42. The molecular weight excluding hydrogens is 282 g/mol. The van der Waals surface area contributed by atoms with Crippen molar-refractivity contribution in [1.29, 1.82) is 5.26 Å². The maximum Gasteiger partial charge on any atom is 0.138 e. The van der Waals surface area contributed by atoms with E-state index in [1.165, 1.54) is 0 Å². The van der Waals surface area contributed by atoms with Gasteiger partial charge in [0.05, 0.1) is 26.6 Å². The highest BCUT2D eigenvalue weighted by molar-refractivity contribution is 8.04. The van der Waals surface area contributed by atoms with Gasteiger partial charge in [-0.15, -0.1) is 0 Å². The molecule has 0 unspecified atom stereocenters. The van der Waals surface area contributed by atoms with Gasteiger partial charge in [-0.3, -0.25) is 0 Å². The first-order chi connectivity index (χ1) is 8.58. The molecule has 0 saturated carbocycles. The molecule has 0 aliphatic carbocycles. The highest BCUT2D eigenvalue weighted by Gasteiger charge is 2.17. The Morgan fingerprint density at radius 2 is 1.44 bits per heavy atom. The molecule has 0 aromatic heterocycles. The summed E-state index contributed by atoms with van der Waals surface area (Å²) in [5.74, 6) is 0. The van der Waals surface area contributed by atoms with Crippen LogP contribution in [-0.4, -0.2) is 10.3 Å². The van der Waals surface area contributed by atoms with Gasteiger partial charge in [-0.05, 0) is 73.7 Å². The second-order valence-electron chi connectivity index (χ2n) is 3.50. The van der Waals surface area contributed by atoms with Crippen LogP contribution in [0.5, 0.6) is 0 Å². The van der Waals surface area contributed by atoms with E-state index in [0.717, 1.165) is 39.0 Å². The van der Waals surface area contributed by atoms with E-state index in [1.807, 2.05) is 26.2 Å². The molecule has 3 nitrogen and oxygen atoms in total. The van der Waals surface area contributed by atoms with Crippen molar-refractivity contribution in [3.8, 4) is 5.40 Å². The van der Waals surface area contributed by atoms with Gasteiger partial charge in [0.1, 0.15) is 5.40 Å². The Morgan fingerprint density at radius 1 is 0.944 bits per heavy atom. The van der Waals surface area contributed by atoms with E-state index in [0.29, 0.717) is 5.69 Å². The van der Waals surface area contributed by atoms with Crippen molar-refractivity contribution >= 4 is 57.9 Å². The van der Waals surface area contributed by atoms with E-state index in [9.17, 15) is 0 Å². The summed E-state index contributed by atoms with van der Waals surface area (Å²) in [6.45, 7) is 5.71. The van der Waals surface area contributed by atoms with Crippen LogP contribution >= 0.6 is 36.2 Å². The van der Waals surface area contributed by atoms with E-state index in [-0.39, 0.29) is 0 Å². The Balaban J connectivity index is 3.81. The predicted octanol–water partition coefficient (Wildman–Crippen LogP) is 4.65. The minimum absolute atomic E-state index is 0.676. The summed E-state index contributed by atoms with van der Waals surface area (Å²) in [5.41, 5.74) is 4.14. The third-order valence-electron chi connectivity index (χ3n) is 2.65. The van der Waals surface area contributed by atoms with Gasteiger partial charge in [-0.1, -0.05) is 0 Å². The zero-order valence-electron chi connectivity index (χ0n) is 10.1. The molecule has 0 fully saturated rings. The molecular formula is C12H9N3S3. The molecule has 0 radical (unpaired) electrons. The summed E-state index contributed by atoms with van der Waals surface area (Å²) in [7, 11) is 0. The quantitative estimate of drug-likeness (QED) is 0.352. The largest absolute Gasteiger partial charge is 0.194 e. The van der Waals surface area contributed by atoms with Crippen LogP contribution in [0.25, 0.3) is 0 Å². The molecule has 0 saturated heterocycles. The Morgan fingerprint density at radius 3 is 1.94 bits per heavy atom. The summed E-state index contributed by atoms with van der Waals surface area (Å²) >= 11 is 10.3. The predicted molar refractivity (Wildman–Crippen MR) is 81.5 cm³/mol. The smallest absolute Gasteiger partial charge is 0.138 e. The summed E-state index contributed by atoms with van der Waals surface area (Å²) in [5, 5.41) is 15.6. The number of nitrogens with zero attached hydrogens (tertiary/aromatic N) is 3. The summed E-state index contributed by atoms with van der Waals surface area (Å²) < 4.78 is 0. The van der Waals surface area contributed by atoms with Crippen molar-refractivity contribution in [3.05, 3.63) is 16.7 Å². The van der Waals surface area contributed by atoms with Crippen molar-refractivity contribution < 1.29 is 0 Å². The molecule has 1 aromatic rings. The van der Waals surface area contributed by atoms with Gasteiger partial charge in [0, 0.05) is 0 Å². The number of aliphatic imine (C=N–C) groups is 2. The van der Waals surface area contributed by atoms with Gasteiger partial charge in [0.2, 0.25) is 0 Å². The number of thiocarbonyl (C=S) groups is 2. The third kappa shape index (κ3) is 2.73. The highest BCUT2D eigenvalue weighted by atomic mass is 32.2. The number of nitriles is 1. The molecule has 1 rings (SSSR count). The van der Waals surface area contributed by atoms with Crippen molar-refractivity contribution in [1.82, 2.24) is 0 Å². The average Bonchev–Trinajstić information content (AvgIpc) is 2.36. The van der Waals surface area contributed by atoms with Crippen molar-refractivity contribution in [2.45, 2.75) is 25.7 Å². The number of hydrogen-bond donors (Lipinski definition) is 0. The number of rotatable bonds is 3. The molecule has 90 valence electrons. The van der Waals surface area contributed by atoms with Crippen LogP contribution in [0.1, 0.15) is 16.7 Å². The number of isothiocyanates is 2. The molecule has 0 heterocycles. The van der Waals surface area contributed by atoms with Crippen LogP contribution in [0, 0.1) is 31.4 Å². The van der Waals surface area contributed by atoms with Crippen molar-refractivity contribution in [2.24, 2.45) is 9.98 Å². The molecule has 0 bridgehead atoms. The number of thiocyanates is 1. The lowest BCUT2D eigenvalue weighted by Gasteiger charge is -2.14. The second-order valence-corrected chi connectivity index (χ2v) is 4.66. The van der Waals surface area contributed by atoms with Crippen LogP contribution in [-0.2, 0) is 0 Å². The van der Waals surface area contributed by atoms with E-state index in [2.05, 4.69) is 44.7 Å². The molecule has 0 atom stereocenters. The minimum atomic E-state index is 0.676. The first-order valence-corrected chi connectivity index (χ1v) is 6.57.